The van der Waals surface area contributed by atoms with Crippen LogP contribution >= 0.6 is 0 Å². The quantitative estimate of drug-likeness (QED) is 0.377. The van der Waals surface area contributed by atoms with Gasteiger partial charge in [-0.25, -0.2) is 9.37 Å². The normalized spacial score (nSPS) is 17.2. The molecule has 2 aromatic carbocycles. The largest absolute Gasteiger partial charge is 0.390 e. The van der Waals surface area contributed by atoms with E-state index in [1.165, 1.54) is 23.4 Å². The summed E-state index contributed by atoms with van der Waals surface area (Å²) in [4.78, 5) is 11.6. The van der Waals surface area contributed by atoms with Gasteiger partial charge in [-0.05, 0) is 66.8 Å². The number of nitrogens with zero attached hydrogens (tertiary/aromatic N) is 5. The summed E-state index contributed by atoms with van der Waals surface area (Å²) in [5, 5.41) is 9.21. The van der Waals surface area contributed by atoms with Crippen LogP contribution in [0.2, 0.25) is 0 Å². The van der Waals surface area contributed by atoms with Crippen LogP contribution in [-0.2, 0) is 6.54 Å². The van der Waals surface area contributed by atoms with E-state index in [9.17, 15) is 9.50 Å². The van der Waals surface area contributed by atoms with Crippen LogP contribution in [0.5, 0.6) is 0 Å². The molecule has 0 bridgehead atoms. The van der Waals surface area contributed by atoms with Gasteiger partial charge in [-0.3, -0.25) is 9.56 Å². The SMILES string of the molecule is CC(CO)=NC[C@H]1CCN(c2ccc3c(c2)Cn2cc(-c4ccc(F)cc4)cc2-c2nccn2-3)C1. The van der Waals surface area contributed by atoms with Gasteiger partial charge in [0.25, 0.3) is 0 Å². The molecule has 1 saturated heterocycles. The average molecular weight is 470 g/mol. The fourth-order valence-electron chi connectivity index (χ4n) is 5.18. The molecule has 0 aliphatic carbocycles. The number of aliphatic hydroxyl groups excluding tert-OH is 1. The van der Waals surface area contributed by atoms with Crippen molar-refractivity contribution in [2.75, 3.05) is 31.1 Å². The first-order valence-electron chi connectivity index (χ1n) is 12.1. The van der Waals surface area contributed by atoms with Gasteiger partial charge >= 0.3 is 0 Å². The summed E-state index contributed by atoms with van der Waals surface area (Å²) in [5.74, 6) is 1.18. The van der Waals surface area contributed by atoms with Gasteiger partial charge in [-0.1, -0.05) is 12.1 Å². The lowest BCUT2D eigenvalue weighted by atomic mass is 10.1. The van der Waals surface area contributed by atoms with Crippen molar-refractivity contribution in [2.45, 2.75) is 19.9 Å². The molecule has 1 fully saturated rings. The smallest absolute Gasteiger partial charge is 0.161 e. The van der Waals surface area contributed by atoms with E-state index < -0.39 is 0 Å². The third-order valence-electron chi connectivity index (χ3n) is 7.11. The number of rotatable bonds is 5. The molecule has 7 heteroatoms. The highest BCUT2D eigenvalue weighted by Crippen LogP contribution is 2.36. The fraction of sp³-hybridized carbons (Fsp3) is 0.286. The minimum absolute atomic E-state index is 0.0295. The summed E-state index contributed by atoms with van der Waals surface area (Å²) in [6, 6.07) is 15.5. The highest BCUT2D eigenvalue weighted by molar-refractivity contribution is 5.82. The molecule has 4 heterocycles. The van der Waals surface area contributed by atoms with Gasteiger partial charge in [0.2, 0.25) is 0 Å². The number of hydrogen-bond acceptors (Lipinski definition) is 4. The maximum absolute atomic E-state index is 13.4. The first-order valence-corrected chi connectivity index (χ1v) is 12.1. The Kier molecular flexibility index (Phi) is 5.49. The maximum Gasteiger partial charge on any atom is 0.161 e. The Bertz CT molecular complexity index is 1400. The first-order chi connectivity index (χ1) is 17.1. The summed E-state index contributed by atoms with van der Waals surface area (Å²) in [6.45, 7) is 5.39. The number of benzene rings is 2. The van der Waals surface area contributed by atoms with Crippen molar-refractivity contribution in [1.82, 2.24) is 14.1 Å². The second-order valence-electron chi connectivity index (χ2n) is 9.52. The van der Waals surface area contributed by atoms with Crippen molar-refractivity contribution < 1.29 is 9.50 Å². The third-order valence-corrected chi connectivity index (χ3v) is 7.11. The molecule has 2 aliphatic heterocycles. The van der Waals surface area contributed by atoms with E-state index in [1.54, 1.807) is 0 Å². The number of aliphatic imine (C=N–C) groups is 1. The predicted octanol–water partition coefficient (Wildman–Crippen LogP) is 4.79. The number of aromatic nitrogens is 3. The molecule has 2 aliphatic rings. The van der Waals surface area contributed by atoms with Gasteiger partial charge in [-0.2, -0.15) is 0 Å². The predicted molar refractivity (Wildman–Crippen MR) is 137 cm³/mol. The van der Waals surface area contributed by atoms with Crippen LogP contribution < -0.4 is 4.90 Å². The number of hydrogen-bond donors (Lipinski definition) is 1. The number of halogens is 1. The van der Waals surface area contributed by atoms with E-state index in [2.05, 4.69) is 54.5 Å². The average Bonchev–Trinajstić information content (AvgIpc) is 3.62. The van der Waals surface area contributed by atoms with Gasteiger partial charge in [0.1, 0.15) is 5.82 Å². The number of fused-ring (bicyclic) bond motifs is 5. The minimum Gasteiger partial charge on any atom is -0.390 e. The van der Waals surface area contributed by atoms with E-state index in [0.717, 1.165) is 66.6 Å². The summed E-state index contributed by atoms with van der Waals surface area (Å²) < 4.78 is 17.9. The van der Waals surface area contributed by atoms with Crippen LogP contribution in [0.15, 0.2) is 72.1 Å². The summed E-state index contributed by atoms with van der Waals surface area (Å²) in [5.41, 5.74) is 7.49. The Morgan fingerprint density at radius 2 is 2.00 bits per heavy atom. The molecule has 6 nitrogen and oxygen atoms in total. The molecule has 178 valence electrons. The van der Waals surface area contributed by atoms with Gasteiger partial charge < -0.3 is 14.6 Å². The molecular weight excluding hydrogens is 441 g/mol. The monoisotopic (exact) mass is 469 g/mol. The van der Waals surface area contributed by atoms with Crippen molar-refractivity contribution in [1.29, 1.82) is 0 Å². The van der Waals surface area contributed by atoms with Gasteiger partial charge in [0.15, 0.2) is 5.82 Å². The molecule has 0 amide bonds. The Hall–Kier alpha value is -3.71. The zero-order valence-corrected chi connectivity index (χ0v) is 19.7. The summed E-state index contributed by atoms with van der Waals surface area (Å²) in [6.07, 6.45) is 7.10. The van der Waals surface area contributed by atoms with Crippen molar-refractivity contribution in [2.24, 2.45) is 10.9 Å². The van der Waals surface area contributed by atoms with Crippen LogP contribution in [0.3, 0.4) is 0 Å². The lowest BCUT2D eigenvalue weighted by Crippen LogP contribution is -2.21. The molecule has 2 aromatic heterocycles. The minimum atomic E-state index is -0.231. The van der Waals surface area contributed by atoms with Gasteiger partial charge in [0.05, 0.1) is 18.0 Å². The lowest BCUT2D eigenvalue weighted by Gasteiger charge is -2.21. The molecule has 35 heavy (non-hydrogen) atoms. The van der Waals surface area contributed by atoms with Crippen LogP contribution in [-0.4, -0.2) is 51.2 Å². The molecule has 0 spiro atoms. The third kappa shape index (κ3) is 4.06. The molecule has 1 atom stereocenters. The van der Waals surface area contributed by atoms with Crippen molar-refractivity contribution in [3.05, 3.63) is 78.5 Å². The van der Waals surface area contributed by atoms with Crippen LogP contribution in [0.4, 0.5) is 10.1 Å². The Balaban J connectivity index is 1.32. The second kappa shape index (κ2) is 8.82. The number of anilines is 1. The lowest BCUT2D eigenvalue weighted by molar-refractivity contribution is 0.356. The number of aliphatic hydroxyl groups is 1. The standard InChI is InChI=1S/C28H28FN5O/c1-19(18-35)31-14-20-8-10-32(15-20)25-6-7-26-23(12-25)17-33-16-22(21-2-4-24(29)5-3-21)13-27(33)28-30-9-11-34(26)28/h2-7,9,11-13,16,20,35H,8,10,14-15,17-18H2,1H3/t20-/m1/s1. The Labute approximate surface area is 204 Å². The van der Waals surface area contributed by atoms with E-state index in [-0.39, 0.29) is 12.4 Å². The zero-order chi connectivity index (χ0) is 23.9. The van der Waals surface area contributed by atoms with Crippen LogP contribution in [0.1, 0.15) is 18.9 Å². The first kappa shape index (κ1) is 21.8. The Morgan fingerprint density at radius 3 is 2.83 bits per heavy atom. The summed E-state index contributed by atoms with van der Waals surface area (Å²) >= 11 is 0. The topological polar surface area (TPSA) is 58.6 Å². The van der Waals surface area contributed by atoms with Crippen molar-refractivity contribution in [3.63, 3.8) is 0 Å². The molecule has 0 radical (unpaired) electrons. The highest BCUT2D eigenvalue weighted by atomic mass is 19.1. The van der Waals surface area contributed by atoms with E-state index in [4.69, 9.17) is 0 Å². The van der Waals surface area contributed by atoms with E-state index in [1.807, 2.05) is 31.5 Å². The van der Waals surface area contributed by atoms with E-state index >= 15 is 0 Å². The van der Waals surface area contributed by atoms with Gasteiger partial charge in [0, 0.05) is 61.7 Å². The molecule has 4 aromatic rings. The van der Waals surface area contributed by atoms with Crippen LogP contribution in [0, 0.1) is 11.7 Å². The molecule has 0 unspecified atom stereocenters. The van der Waals surface area contributed by atoms with Crippen molar-refractivity contribution in [3.8, 4) is 28.3 Å². The molecule has 6 rings (SSSR count). The highest BCUT2D eigenvalue weighted by Gasteiger charge is 2.25. The van der Waals surface area contributed by atoms with Crippen LogP contribution in [0.25, 0.3) is 28.3 Å². The Morgan fingerprint density at radius 1 is 1.14 bits per heavy atom. The second-order valence-corrected chi connectivity index (χ2v) is 9.52. The van der Waals surface area contributed by atoms with Gasteiger partial charge in [-0.15, -0.1) is 0 Å². The molecule has 1 N–H and O–H groups in total. The van der Waals surface area contributed by atoms with Crippen molar-refractivity contribution >= 4 is 11.4 Å². The molecular formula is C28H28FN5O. The van der Waals surface area contributed by atoms with E-state index in [0.29, 0.717) is 5.92 Å². The maximum atomic E-state index is 13.4. The fourth-order valence-corrected chi connectivity index (χ4v) is 5.18. The summed E-state index contributed by atoms with van der Waals surface area (Å²) in [7, 11) is 0. The zero-order valence-electron chi connectivity index (χ0n) is 19.7. The number of imidazole rings is 1. The molecule has 0 saturated carbocycles.